The molecule has 0 radical (unpaired) electrons. The van der Waals surface area contributed by atoms with Crippen molar-refractivity contribution in [1.82, 2.24) is 0 Å². The van der Waals surface area contributed by atoms with Crippen LogP contribution in [0.4, 0.5) is 4.39 Å². The van der Waals surface area contributed by atoms with Gasteiger partial charge in [-0.1, -0.05) is 38.5 Å². The van der Waals surface area contributed by atoms with Crippen LogP contribution in [0.2, 0.25) is 0 Å². The summed E-state index contributed by atoms with van der Waals surface area (Å²) in [6.07, 6.45) is 23.1. The standard InChI is InChI=1S/C33H55FO4/c34-31-21-28(26-11-16-29(17-12-26)36-22-24-7-3-1-4-8-24)15-20-32(31)38-33(35)27-13-18-30(19-14-27)37-23-25-9-5-2-6-10-25/h24-32H,1-23H2. The Morgan fingerprint density at radius 3 is 1.61 bits per heavy atom. The summed E-state index contributed by atoms with van der Waals surface area (Å²) in [6.45, 7) is 1.84. The van der Waals surface area contributed by atoms with Crippen LogP contribution < -0.4 is 0 Å². The van der Waals surface area contributed by atoms with E-state index in [0.29, 0.717) is 30.8 Å². The van der Waals surface area contributed by atoms with Gasteiger partial charge in [0, 0.05) is 13.2 Å². The quantitative estimate of drug-likeness (QED) is 0.279. The van der Waals surface area contributed by atoms with E-state index < -0.39 is 12.3 Å². The maximum Gasteiger partial charge on any atom is 0.309 e. The molecule has 0 aromatic heterocycles. The molecular weight excluding hydrogens is 479 g/mol. The summed E-state index contributed by atoms with van der Waals surface area (Å²) in [7, 11) is 0. The largest absolute Gasteiger partial charge is 0.459 e. The van der Waals surface area contributed by atoms with Gasteiger partial charge in [0.05, 0.1) is 18.1 Å². The number of carbonyl (C=O) groups is 1. The summed E-state index contributed by atoms with van der Waals surface area (Å²) in [5.74, 6) is 2.34. The Kier molecular flexibility index (Phi) is 11.2. The molecule has 0 amide bonds. The first-order valence-corrected chi connectivity index (χ1v) is 16.7. The van der Waals surface area contributed by atoms with Crippen LogP contribution in [0.3, 0.4) is 0 Å². The molecule has 0 spiro atoms. The zero-order chi connectivity index (χ0) is 26.2. The third-order valence-corrected chi connectivity index (χ3v) is 11.0. The number of alkyl halides is 1. The first-order valence-electron chi connectivity index (χ1n) is 16.7. The average molecular weight is 535 g/mol. The minimum absolute atomic E-state index is 0.0710. The maximum atomic E-state index is 15.2. The van der Waals surface area contributed by atoms with E-state index in [1.807, 2.05) is 0 Å². The number of hydrogen-bond acceptors (Lipinski definition) is 4. The summed E-state index contributed by atoms with van der Waals surface area (Å²) in [4.78, 5) is 12.9. The molecule has 0 aromatic carbocycles. The van der Waals surface area contributed by atoms with Crippen LogP contribution in [0.25, 0.3) is 0 Å². The summed E-state index contributed by atoms with van der Waals surface area (Å²) >= 11 is 0. The lowest BCUT2D eigenvalue weighted by Crippen LogP contribution is -2.39. The van der Waals surface area contributed by atoms with Crippen LogP contribution in [0.5, 0.6) is 0 Å². The lowest BCUT2D eigenvalue weighted by atomic mass is 9.71. The first-order chi connectivity index (χ1) is 18.6. The van der Waals surface area contributed by atoms with E-state index >= 15 is 4.39 Å². The predicted molar refractivity (Wildman–Crippen MR) is 149 cm³/mol. The number of ether oxygens (including phenoxy) is 3. The SMILES string of the molecule is O=C(OC1CCC(C2CCC(OCC3CCCCC3)CC2)CC1F)C1CCC(OCC2CCCCC2)CC1. The van der Waals surface area contributed by atoms with E-state index in [-0.39, 0.29) is 18.0 Å². The highest BCUT2D eigenvalue weighted by molar-refractivity contribution is 5.72. The van der Waals surface area contributed by atoms with E-state index in [2.05, 4.69) is 0 Å². The van der Waals surface area contributed by atoms with Crippen LogP contribution in [-0.4, -0.2) is 43.7 Å². The van der Waals surface area contributed by atoms with Crippen molar-refractivity contribution in [2.75, 3.05) is 13.2 Å². The van der Waals surface area contributed by atoms with Gasteiger partial charge in [-0.05, 0) is 120 Å². The van der Waals surface area contributed by atoms with Crippen LogP contribution in [0.1, 0.15) is 135 Å². The highest BCUT2D eigenvalue weighted by Crippen LogP contribution is 2.41. The average Bonchev–Trinajstić information content (AvgIpc) is 2.97. The third kappa shape index (κ3) is 8.41. The molecule has 218 valence electrons. The Morgan fingerprint density at radius 2 is 1.08 bits per heavy atom. The smallest absolute Gasteiger partial charge is 0.309 e. The van der Waals surface area contributed by atoms with Crippen LogP contribution in [0, 0.1) is 29.6 Å². The molecule has 3 atom stereocenters. The summed E-state index contributed by atoms with van der Waals surface area (Å²) in [5.41, 5.74) is 0. The topological polar surface area (TPSA) is 44.8 Å². The van der Waals surface area contributed by atoms with E-state index in [1.54, 1.807) is 0 Å². The van der Waals surface area contributed by atoms with Crippen molar-refractivity contribution in [2.24, 2.45) is 29.6 Å². The van der Waals surface area contributed by atoms with Gasteiger partial charge in [-0.25, -0.2) is 4.39 Å². The van der Waals surface area contributed by atoms with E-state index in [4.69, 9.17) is 14.2 Å². The monoisotopic (exact) mass is 534 g/mol. The molecule has 0 aromatic rings. The van der Waals surface area contributed by atoms with Crippen molar-refractivity contribution in [1.29, 1.82) is 0 Å². The van der Waals surface area contributed by atoms with Crippen molar-refractivity contribution in [3.63, 3.8) is 0 Å². The highest BCUT2D eigenvalue weighted by Gasteiger charge is 2.39. The predicted octanol–water partition coefficient (Wildman–Crippen LogP) is 8.35. The molecule has 5 saturated carbocycles. The zero-order valence-electron chi connectivity index (χ0n) is 24.0. The van der Waals surface area contributed by atoms with Crippen molar-refractivity contribution < 1.29 is 23.4 Å². The molecule has 4 nitrogen and oxygen atoms in total. The molecule has 5 fully saturated rings. The fraction of sp³-hybridized carbons (Fsp3) is 0.970. The van der Waals surface area contributed by atoms with E-state index in [9.17, 15) is 4.79 Å². The second kappa shape index (κ2) is 14.8. The van der Waals surface area contributed by atoms with Crippen LogP contribution in [0.15, 0.2) is 0 Å². The van der Waals surface area contributed by atoms with E-state index in [0.717, 1.165) is 70.0 Å². The molecular formula is C33H55FO4. The molecule has 5 heteroatoms. The second-order valence-electron chi connectivity index (χ2n) is 13.7. The lowest BCUT2D eigenvalue weighted by Gasteiger charge is -2.39. The summed E-state index contributed by atoms with van der Waals surface area (Å²) < 4.78 is 33.5. The van der Waals surface area contributed by atoms with Crippen molar-refractivity contribution in [3.8, 4) is 0 Å². The highest BCUT2D eigenvalue weighted by atomic mass is 19.1. The van der Waals surface area contributed by atoms with Gasteiger partial charge in [-0.2, -0.15) is 0 Å². The molecule has 0 bridgehead atoms. The van der Waals surface area contributed by atoms with Gasteiger partial charge in [0.15, 0.2) is 0 Å². The molecule has 5 aliphatic rings. The van der Waals surface area contributed by atoms with Gasteiger partial charge in [0.25, 0.3) is 0 Å². The van der Waals surface area contributed by atoms with Crippen LogP contribution in [-0.2, 0) is 19.0 Å². The Balaban J connectivity index is 0.953. The molecule has 0 N–H and O–H groups in total. The van der Waals surface area contributed by atoms with Crippen molar-refractivity contribution in [3.05, 3.63) is 0 Å². The zero-order valence-corrected chi connectivity index (χ0v) is 24.0. The normalized spacial score (nSPS) is 38.1. The minimum atomic E-state index is -1.01. The fourth-order valence-electron chi connectivity index (χ4n) is 8.37. The fourth-order valence-corrected chi connectivity index (χ4v) is 8.37. The number of halogens is 1. The number of hydrogen-bond donors (Lipinski definition) is 0. The van der Waals surface area contributed by atoms with Gasteiger partial charge in [0.2, 0.25) is 0 Å². The molecule has 5 aliphatic carbocycles. The van der Waals surface area contributed by atoms with Crippen LogP contribution >= 0.6 is 0 Å². The number of esters is 1. The molecule has 0 saturated heterocycles. The van der Waals surface area contributed by atoms with Gasteiger partial charge >= 0.3 is 5.97 Å². The maximum absolute atomic E-state index is 15.2. The van der Waals surface area contributed by atoms with E-state index in [1.165, 1.54) is 77.0 Å². The Hall–Kier alpha value is -0.680. The Bertz CT molecular complexity index is 687. The van der Waals surface area contributed by atoms with Crippen molar-refractivity contribution in [2.45, 2.75) is 159 Å². The molecule has 0 aliphatic heterocycles. The minimum Gasteiger partial charge on any atom is -0.459 e. The Labute approximate surface area is 231 Å². The second-order valence-corrected chi connectivity index (χ2v) is 13.7. The van der Waals surface area contributed by atoms with Gasteiger partial charge in [-0.15, -0.1) is 0 Å². The molecule has 38 heavy (non-hydrogen) atoms. The number of rotatable bonds is 9. The van der Waals surface area contributed by atoms with Gasteiger partial charge in [0.1, 0.15) is 12.3 Å². The molecule has 5 rings (SSSR count). The van der Waals surface area contributed by atoms with Gasteiger partial charge in [-0.3, -0.25) is 4.79 Å². The number of carbonyl (C=O) groups excluding carboxylic acids is 1. The first kappa shape index (κ1) is 28.8. The van der Waals surface area contributed by atoms with Gasteiger partial charge < -0.3 is 14.2 Å². The third-order valence-electron chi connectivity index (χ3n) is 11.0. The van der Waals surface area contributed by atoms with Crippen molar-refractivity contribution >= 4 is 5.97 Å². The molecule has 0 heterocycles. The Morgan fingerprint density at radius 1 is 0.579 bits per heavy atom. The molecule has 3 unspecified atom stereocenters. The lowest BCUT2D eigenvalue weighted by molar-refractivity contribution is -0.163. The summed E-state index contributed by atoms with van der Waals surface area (Å²) in [6, 6.07) is 0. The summed E-state index contributed by atoms with van der Waals surface area (Å²) in [5, 5.41) is 0.